The van der Waals surface area contributed by atoms with Gasteiger partial charge in [0.1, 0.15) is 0 Å². The van der Waals surface area contributed by atoms with Gasteiger partial charge in [0.25, 0.3) is 5.91 Å². The maximum atomic E-state index is 9.70. The zero-order valence-electron chi connectivity index (χ0n) is 3.06. The highest BCUT2D eigenvalue weighted by atomic mass is 16.2. The molecule has 4 heteroatoms. The molecule has 0 rings (SSSR count). The highest BCUT2D eigenvalue weighted by Gasteiger charge is 1.81. The molecular formula is C2H5N3O. The van der Waals surface area contributed by atoms with E-state index in [1.54, 1.807) is 5.43 Å². The predicted molar refractivity (Wildman–Crippen MR) is 21.1 cm³/mol. The van der Waals surface area contributed by atoms with Gasteiger partial charge in [-0.1, -0.05) is 0 Å². The van der Waals surface area contributed by atoms with Crippen molar-refractivity contribution in [3.8, 4) is 0 Å². The molecule has 4 N–H and O–H groups in total. The molecule has 0 unspecified atom stereocenters. The van der Waals surface area contributed by atoms with Crippen LogP contribution in [0.15, 0.2) is 0 Å². The van der Waals surface area contributed by atoms with E-state index in [-0.39, 0.29) is 0 Å². The lowest BCUT2D eigenvalue weighted by Crippen LogP contribution is -2.30. The largest absolute Gasteiger partial charge is 0.303 e. The van der Waals surface area contributed by atoms with Crippen molar-refractivity contribution in [2.24, 2.45) is 5.84 Å². The van der Waals surface area contributed by atoms with E-state index in [1.807, 2.05) is 0 Å². The second-order valence-corrected chi connectivity index (χ2v) is 0.653. The van der Waals surface area contributed by atoms with Gasteiger partial charge in [-0.15, -0.1) is 0 Å². The SMILES string of the molecule is N=CC(=O)NN. The second-order valence-electron chi connectivity index (χ2n) is 0.653. The number of amides is 1. The van der Waals surface area contributed by atoms with E-state index in [2.05, 4.69) is 5.84 Å². The molecule has 0 aliphatic rings. The van der Waals surface area contributed by atoms with E-state index in [9.17, 15) is 4.79 Å². The number of carbonyl (C=O) groups is 1. The first-order valence-corrected chi connectivity index (χ1v) is 1.32. The molecule has 0 aliphatic heterocycles. The van der Waals surface area contributed by atoms with E-state index in [0.29, 0.717) is 6.21 Å². The molecule has 0 radical (unpaired) electrons. The normalized spacial score (nSPS) is 6.83. The Morgan fingerprint density at radius 2 is 2.50 bits per heavy atom. The van der Waals surface area contributed by atoms with E-state index in [0.717, 1.165) is 0 Å². The van der Waals surface area contributed by atoms with E-state index < -0.39 is 5.91 Å². The summed E-state index contributed by atoms with van der Waals surface area (Å²) in [5.41, 5.74) is 1.73. The Labute approximate surface area is 34.8 Å². The quantitative estimate of drug-likeness (QED) is 0.159. The molecule has 0 heterocycles. The minimum absolute atomic E-state index is 0.588. The molecule has 0 saturated heterocycles. The van der Waals surface area contributed by atoms with Crippen LogP contribution in [0.5, 0.6) is 0 Å². The number of hydrazine groups is 1. The molecule has 0 aromatic heterocycles. The number of hydrogen-bond donors (Lipinski definition) is 3. The molecule has 1 amide bonds. The first-order chi connectivity index (χ1) is 2.81. The predicted octanol–water partition coefficient (Wildman–Crippen LogP) is -1.37. The van der Waals surface area contributed by atoms with Crippen molar-refractivity contribution in [2.75, 3.05) is 0 Å². The Morgan fingerprint density at radius 1 is 2.00 bits per heavy atom. The van der Waals surface area contributed by atoms with Crippen molar-refractivity contribution in [3.63, 3.8) is 0 Å². The first-order valence-electron chi connectivity index (χ1n) is 1.32. The molecule has 34 valence electrons. The van der Waals surface area contributed by atoms with Crippen LogP contribution in [0.1, 0.15) is 0 Å². The fraction of sp³-hybridized carbons (Fsp3) is 0. The van der Waals surface area contributed by atoms with Crippen LogP contribution in [0.4, 0.5) is 0 Å². The molecule has 6 heavy (non-hydrogen) atoms. The van der Waals surface area contributed by atoms with Crippen LogP contribution in [-0.2, 0) is 4.79 Å². The van der Waals surface area contributed by atoms with Crippen LogP contribution in [0.2, 0.25) is 0 Å². The van der Waals surface area contributed by atoms with Crippen molar-refractivity contribution in [2.45, 2.75) is 0 Å². The summed E-state index contributed by atoms with van der Waals surface area (Å²) in [5, 5.41) is 6.19. The van der Waals surface area contributed by atoms with Crippen molar-refractivity contribution < 1.29 is 4.79 Å². The third-order valence-electron chi connectivity index (χ3n) is 0.273. The number of rotatable bonds is 1. The molecule has 0 spiro atoms. The van der Waals surface area contributed by atoms with E-state index in [1.165, 1.54) is 0 Å². The summed E-state index contributed by atoms with van der Waals surface area (Å²) >= 11 is 0. The highest BCUT2D eigenvalue weighted by Crippen LogP contribution is 1.40. The number of nitrogens with two attached hydrogens (primary N) is 1. The summed E-state index contributed by atoms with van der Waals surface area (Å²) in [6.45, 7) is 0. The highest BCUT2D eigenvalue weighted by molar-refractivity contribution is 6.24. The van der Waals surface area contributed by atoms with Gasteiger partial charge in [-0.05, 0) is 0 Å². The van der Waals surface area contributed by atoms with E-state index in [4.69, 9.17) is 5.41 Å². The van der Waals surface area contributed by atoms with Crippen LogP contribution in [0, 0.1) is 5.41 Å². The minimum atomic E-state index is -0.588. The Morgan fingerprint density at radius 3 is 2.50 bits per heavy atom. The molecular weight excluding hydrogens is 82.0 g/mol. The average Bonchev–Trinajstić information content (AvgIpc) is 1.65. The maximum Gasteiger partial charge on any atom is 0.275 e. The minimum Gasteiger partial charge on any atom is -0.303 e. The van der Waals surface area contributed by atoms with Crippen molar-refractivity contribution in [1.82, 2.24) is 5.43 Å². The van der Waals surface area contributed by atoms with Gasteiger partial charge in [-0.25, -0.2) is 5.84 Å². The first kappa shape index (κ1) is 5.10. The summed E-state index contributed by atoms with van der Waals surface area (Å²) in [7, 11) is 0. The Balaban J connectivity index is 3.23. The van der Waals surface area contributed by atoms with Crippen molar-refractivity contribution >= 4 is 12.1 Å². The number of carbonyl (C=O) groups excluding carboxylic acids is 1. The van der Waals surface area contributed by atoms with Gasteiger partial charge >= 0.3 is 0 Å². The summed E-state index contributed by atoms with van der Waals surface area (Å²) in [5.74, 6) is 3.94. The fourth-order valence-electron chi connectivity index (χ4n) is 0.0417. The molecule has 0 bridgehead atoms. The van der Waals surface area contributed by atoms with Crippen LogP contribution < -0.4 is 11.3 Å². The van der Waals surface area contributed by atoms with Gasteiger partial charge in [-0.3, -0.25) is 10.2 Å². The summed E-state index contributed by atoms with van der Waals surface area (Å²) in [4.78, 5) is 9.70. The van der Waals surface area contributed by atoms with Crippen molar-refractivity contribution in [3.05, 3.63) is 0 Å². The molecule has 4 nitrogen and oxygen atoms in total. The van der Waals surface area contributed by atoms with Crippen LogP contribution in [-0.4, -0.2) is 12.1 Å². The molecule has 0 aromatic rings. The van der Waals surface area contributed by atoms with Crippen LogP contribution >= 0.6 is 0 Å². The lowest BCUT2D eigenvalue weighted by atomic mass is 10.7. The van der Waals surface area contributed by atoms with Gasteiger partial charge < -0.3 is 5.41 Å². The van der Waals surface area contributed by atoms with Gasteiger partial charge in [0.05, 0.1) is 6.21 Å². The van der Waals surface area contributed by atoms with Gasteiger partial charge in [0.15, 0.2) is 0 Å². The average molecular weight is 87.1 g/mol. The second kappa shape index (κ2) is 2.34. The monoisotopic (exact) mass is 87.0 g/mol. The topological polar surface area (TPSA) is 79.0 Å². The Hall–Kier alpha value is -0.900. The van der Waals surface area contributed by atoms with Gasteiger partial charge in [0, 0.05) is 0 Å². The fourth-order valence-corrected chi connectivity index (χ4v) is 0.0417. The lowest BCUT2D eigenvalue weighted by Gasteiger charge is -1.81. The standard InChI is InChI=1S/C2H5N3O/c3-1-2(6)5-4/h1,3H,4H2,(H,5,6). The van der Waals surface area contributed by atoms with Crippen LogP contribution in [0.3, 0.4) is 0 Å². The molecule has 0 saturated carbocycles. The van der Waals surface area contributed by atoms with E-state index >= 15 is 0 Å². The van der Waals surface area contributed by atoms with Crippen LogP contribution in [0.25, 0.3) is 0 Å². The summed E-state index contributed by atoms with van der Waals surface area (Å²) in [6, 6.07) is 0. The molecule has 0 aliphatic carbocycles. The smallest absolute Gasteiger partial charge is 0.275 e. The van der Waals surface area contributed by atoms with Gasteiger partial charge in [0.2, 0.25) is 0 Å². The zero-order chi connectivity index (χ0) is 4.99. The summed E-state index contributed by atoms with van der Waals surface area (Å²) < 4.78 is 0. The zero-order valence-corrected chi connectivity index (χ0v) is 3.06. The summed E-state index contributed by atoms with van der Waals surface area (Å²) in [6.07, 6.45) is 0.597. The third-order valence-corrected chi connectivity index (χ3v) is 0.273. The van der Waals surface area contributed by atoms with Gasteiger partial charge in [-0.2, -0.15) is 0 Å². The Kier molecular flexibility index (Phi) is 1.99. The number of hydrogen-bond acceptors (Lipinski definition) is 3. The third kappa shape index (κ3) is 1.42. The Bertz CT molecular complexity index is 69.2. The number of nitrogens with one attached hydrogen (secondary N) is 2. The molecule has 0 atom stereocenters. The molecule has 0 aromatic carbocycles. The lowest BCUT2D eigenvalue weighted by molar-refractivity contribution is -0.114. The molecule has 0 fully saturated rings. The van der Waals surface area contributed by atoms with Crippen molar-refractivity contribution in [1.29, 1.82) is 5.41 Å². The maximum absolute atomic E-state index is 9.70.